The van der Waals surface area contributed by atoms with E-state index in [9.17, 15) is 0 Å². The van der Waals surface area contributed by atoms with Gasteiger partial charge in [0.2, 0.25) is 11.9 Å². The number of ether oxygens (including phenoxy) is 1. The molecule has 21 heavy (non-hydrogen) atoms. The van der Waals surface area contributed by atoms with E-state index in [2.05, 4.69) is 35.7 Å². The van der Waals surface area contributed by atoms with Gasteiger partial charge in [-0.05, 0) is 33.6 Å². The predicted molar refractivity (Wildman–Crippen MR) is 86.6 cm³/mol. The maximum atomic E-state index is 5.79. The highest BCUT2D eigenvalue weighted by atomic mass is 16.5. The van der Waals surface area contributed by atoms with E-state index >= 15 is 0 Å². The van der Waals surface area contributed by atoms with E-state index in [1.807, 2.05) is 11.8 Å². The number of anilines is 2. The first-order valence-electron chi connectivity index (χ1n) is 8.03. The molecule has 0 aliphatic rings. The molecule has 6 nitrogen and oxygen atoms in total. The van der Waals surface area contributed by atoms with Crippen LogP contribution in [0.4, 0.5) is 11.9 Å². The quantitative estimate of drug-likeness (QED) is 0.668. The fraction of sp³-hybridized carbons (Fsp3) is 0.800. The zero-order valence-corrected chi connectivity index (χ0v) is 13.8. The van der Waals surface area contributed by atoms with Gasteiger partial charge in [0, 0.05) is 13.1 Å². The lowest BCUT2D eigenvalue weighted by molar-refractivity contribution is 0.189. The Labute approximate surface area is 128 Å². The maximum Gasteiger partial charge on any atom is 0.323 e. The van der Waals surface area contributed by atoms with Gasteiger partial charge in [0.15, 0.2) is 0 Å². The first-order valence-corrected chi connectivity index (χ1v) is 8.03. The molecule has 0 amide bonds. The minimum absolute atomic E-state index is 0.0909. The summed E-state index contributed by atoms with van der Waals surface area (Å²) in [7, 11) is 0. The van der Waals surface area contributed by atoms with Crippen LogP contribution >= 0.6 is 0 Å². The molecule has 0 aliphatic heterocycles. The van der Waals surface area contributed by atoms with E-state index < -0.39 is 0 Å². The first-order chi connectivity index (χ1) is 10.1. The summed E-state index contributed by atoms with van der Waals surface area (Å²) < 4.78 is 5.79. The Hall–Kier alpha value is -1.59. The van der Waals surface area contributed by atoms with Gasteiger partial charge < -0.3 is 15.4 Å². The fourth-order valence-corrected chi connectivity index (χ4v) is 2.16. The molecule has 0 bridgehead atoms. The number of aromatic nitrogens is 3. The van der Waals surface area contributed by atoms with Gasteiger partial charge in [0.25, 0.3) is 0 Å². The fourth-order valence-electron chi connectivity index (χ4n) is 2.16. The minimum Gasteiger partial charge on any atom is -0.460 e. The molecule has 1 aromatic heterocycles. The van der Waals surface area contributed by atoms with Crippen LogP contribution in [0.15, 0.2) is 0 Å². The zero-order chi connectivity index (χ0) is 15.7. The number of hydrogen-bond acceptors (Lipinski definition) is 6. The topological polar surface area (TPSA) is 77.2 Å². The van der Waals surface area contributed by atoms with Gasteiger partial charge in [-0.2, -0.15) is 15.0 Å². The van der Waals surface area contributed by atoms with Crippen LogP contribution in [0.5, 0.6) is 6.01 Å². The Balaban J connectivity index is 2.61. The molecule has 0 aromatic carbocycles. The van der Waals surface area contributed by atoms with Crippen LogP contribution in [0, 0.1) is 0 Å². The van der Waals surface area contributed by atoms with E-state index in [-0.39, 0.29) is 12.1 Å². The van der Waals surface area contributed by atoms with Crippen LogP contribution in [0.1, 0.15) is 59.8 Å². The second kappa shape index (κ2) is 9.37. The monoisotopic (exact) mass is 295 g/mol. The molecule has 0 aliphatic carbocycles. The van der Waals surface area contributed by atoms with E-state index in [1.54, 1.807) is 0 Å². The zero-order valence-electron chi connectivity index (χ0n) is 13.8. The van der Waals surface area contributed by atoms with Gasteiger partial charge >= 0.3 is 6.01 Å². The summed E-state index contributed by atoms with van der Waals surface area (Å²) >= 11 is 0. The first kappa shape index (κ1) is 17.5. The second-order valence-electron chi connectivity index (χ2n) is 5.23. The molecule has 0 saturated heterocycles. The summed E-state index contributed by atoms with van der Waals surface area (Å²) in [6.07, 6.45) is 6.02. The summed E-state index contributed by atoms with van der Waals surface area (Å²) in [4.78, 5) is 14.6. The summed E-state index contributed by atoms with van der Waals surface area (Å²) in [5, 5.41) is 0. The smallest absolute Gasteiger partial charge is 0.323 e. The lowest BCUT2D eigenvalue weighted by Gasteiger charge is -2.19. The molecule has 0 spiro atoms. The Morgan fingerprint density at radius 1 is 1.05 bits per heavy atom. The highest BCUT2D eigenvalue weighted by Crippen LogP contribution is 2.16. The molecule has 0 saturated carbocycles. The third kappa shape index (κ3) is 6.14. The molecule has 1 heterocycles. The van der Waals surface area contributed by atoms with Crippen molar-refractivity contribution in [1.29, 1.82) is 0 Å². The van der Waals surface area contributed by atoms with Crippen LogP contribution in [0.3, 0.4) is 0 Å². The number of nitrogen functional groups attached to an aromatic ring is 1. The van der Waals surface area contributed by atoms with Crippen molar-refractivity contribution in [2.75, 3.05) is 23.7 Å². The van der Waals surface area contributed by atoms with Crippen LogP contribution < -0.4 is 15.4 Å². The third-order valence-electron chi connectivity index (χ3n) is 3.44. The molecular formula is C15H29N5O. The van der Waals surface area contributed by atoms with Crippen molar-refractivity contribution in [3.05, 3.63) is 0 Å². The molecule has 1 atom stereocenters. The van der Waals surface area contributed by atoms with Crippen LogP contribution in [0.2, 0.25) is 0 Å². The van der Waals surface area contributed by atoms with Crippen molar-refractivity contribution in [3.63, 3.8) is 0 Å². The second-order valence-corrected chi connectivity index (χ2v) is 5.23. The van der Waals surface area contributed by atoms with Crippen LogP contribution in [-0.4, -0.2) is 34.1 Å². The molecule has 6 heteroatoms. The Kier molecular flexibility index (Phi) is 7.79. The summed E-state index contributed by atoms with van der Waals surface area (Å²) in [6, 6.07) is 0.326. The van der Waals surface area contributed by atoms with Crippen molar-refractivity contribution < 1.29 is 4.74 Å². The highest BCUT2D eigenvalue weighted by molar-refractivity contribution is 5.35. The average molecular weight is 295 g/mol. The SMILES string of the molecule is CCCCCCC(C)Oc1nc(N)nc(N(CC)CC)n1. The standard InChI is InChI=1S/C15H29N5O/c1-5-8-9-10-11-12(4)21-15-18-13(16)17-14(19-15)20(6-2)7-3/h12H,5-11H2,1-4H3,(H2,16,17,18,19). The van der Waals surface area contributed by atoms with Gasteiger partial charge in [-0.1, -0.05) is 26.2 Å². The molecule has 120 valence electrons. The van der Waals surface area contributed by atoms with E-state index in [0.717, 1.165) is 19.5 Å². The summed E-state index contributed by atoms with van der Waals surface area (Å²) in [6.45, 7) is 10.0. The van der Waals surface area contributed by atoms with Crippen LogP contribution in [-0.2, 0) is 0 Å². The molecular weight excluding hydrogens is 266 g/mol. The number of unbranched alkanes of at least 4 members (excludes halogenated alkanes) is 3. The van der Waals surface area contributed by atoms with Gasteiger partial charge in [0.1, 0.15) is 0 Å². The molecule has 0 radical (unpaired) electrons. The largest absolute Gasteiger partial charge is 0.460 e. The predicted octanol–water partition coefficient (Wildman–Crippen LogP) is 3.04. The van der Waals surface area contributed by atoms with Gasteiger partial charge in [-0.15, -0.1) is 0 Å². The summed E-state index contributed by atoms with van der Waals surface area (Å²) in [5.41, 5.74) is 5.75. The van der Waals surface area contributed by atoms with Crippen molar-refractivity contribution >= 4 is 11.9 Å². The van der Waals surface area contributed by atoms with Crippen LogP contribution in [0.25, 0.3) is 0 Å². The number of hydrogen-bond donors (Lipinski definition) is 1. The van der Waals surface area contributed by atoms with E-state index in [0.29, 0.717) is 12.0 Å². The molecule has 2 N–H and O–H groups in total. The van der Waals surface area contributed by atoms with Crippen molar-refractivity contribution in [1.82, 2.24) is 15.0 Å². The van der Waals surface area contributed by atoms with Crippen molar-refractivity contribution in [2.24, 2.45) is 0 Å². The number of nitrogens with two attached hydrogens (primary N) is 1. The minimum atomic E-state index is 0.0909. The normalized spacial score (nSPS) is 12.2. The molecule has 1 rings (SSSR count). The lowest BCUT2D eigenvalue weighted by atomic mass is 10.1. The Bertz CT molecular complexity index is 409. The van der Waals surface area contributed by atoms with Gasteiger partial charge in [-0.3, -0.25) is 0 Å². The number of nitrogens with zero attached hydrogens (tertiary/aromatic N) is 4. The lowest BCUT2D eigenvalue weighted by Crippen LogP contribution is -2.25. The van der Waals surface area contributed by atoms with E-state index in [1.165, 1.54) is 25.7 Å². The average Bonchev–Trinajstić information content (AvgIpc) is 2.44. The molecule has 1 unspecified atom stereocenters. The van der Waals surface area contributed by atoms with Crippen molar-refractivity contribution in [3.8, 4) is 6.01 Å². The van der Waals surface area contributed by atoms with E-state index in [4.69, 9.17) is 10.5 Å². The third-order valence-corrected chi connectivity index (χ3v) is 3.44. The number of rotatable bonds is 10. The maximum absolute atomic E-state index is 5.79. The molecule has 1 aromatic rings. The molecule has 0 fully saturated rings. The Morgan fingerprint density at radius 3 is 2.38 bits per heavy atom. The van der Waals surface area contributed by atoms with Crippen molar-refractivity contribution in [2.45, 2.75) is 65.9 Å². The Morgan fingerprint density at radius 2 is 1.76 bits per heavy atom. The summed E-state index contributed by atoms with van der Waals surface area (Å²) in [5.74, 6) is 0.792. The highest BCUT2D eigenvalue weighted by Gasteiger charge is 2.12. The van der Waals surface area contributed by atoms with Gasteiger partial charge in [-0.25, -0.2) is 0 Å². The van der Waals surface area contributed by atoms with Gasteiger partial charge in [0.05, 0.1) is 6.10 Å².